The fraction of sp³-hybridized carbons (Fsp3) is 0.314. The Labute approximate surface area is 251 Å². The van der Waals surface area contributed by atoms with Crippen LogP contribution in [0.3, 0.4) is 0 Å². The van der Waals surface area contributed by atoms with Crippen LogP contribution in [0.2, 0.25) is 0 Å². The molecular formula is C35H44N4O3. The van der Waals surface area contributed by atoms with Gasteiger partial charge in [-0.3, -0.25) is 14.9 Å². The molecule has 0 radical (unpaired) electrons. The molecule has 7 nitrogen and oxygen atoms in total. The zero-order valence-electron chi connectivity index (χ0n) is 26.3. The molecule has 2 aliphatic rings. The van der Waals surface area contributed by atoms with E-state index in [1.807, 2.05) is 40.8 Å². The fourth-order valence-electron chi connectivity index (χ4n) is 5.03. The maximum Gasteiger partial charge on any atom is 0.281 e. The van der Waals surface area contributed by atoms with Crippen LogP contribution in [0.5, 0.6) is 0 Å². The van der Waals surface area contributed by atoms with E-state index in [1.165, 1.54) is 34.3 Å². The Hall–Kier alpha value is -4.52. The van der Waals surface area contributed by atoms with Crippen molar-refractivity contribution in [3.05, 3.63) is 130 Å². The highest BCUT2D eigenvalue weighted by molar-refractivity contribution is 6.31. The maximum absolute atomic E-state index is 13.6. The van der Waals surface area contributed by atoms with Crippen molar-refractivity contribution in [2.24, 2.45) is 5.10 Å². The van der Waals surface area contributed by atoms with Gasteiger partial charge in [0.05, 0.1) is 16.2 Å². The summed E-state index contributed by atoms with van der Waals surface area (Å²) in [5.41, 5.74) is 6.35. The van der Waals surface area contributed by atoms with Gasteiger partial charge >= 0.3 is 0 Å². The molecule has 2 aliphatic heterocycles. The van der Waals surface area contributed by atoms with Crippen molar-refractivity contribution < 1.29 is 9.72 Å². The van der Waals surface area contributed by atoms with Crippen molar-refractivity contribution in [1.82, 2.24) is 5.01 Å². The predicted molar refractivity (Wildman–Crippen MR) is 176 cm³/mol. The molecule has 2 aromatic carbocycles. The third-order valence-electron chi connectivity index (χ3n) is 7.02. The normalized spacial score (nSPS) is 17.2. The lowest BCUT2D eigenvalue weighted by Crippen LogP contribution is -2.23. The summed E-state index contributed by atoms with van der Waals surface area (Å²) in [5, 5.41) is 17.0. The summed E-state index contributed by atoms with van der Waals surface area (Å²) in [6.45, 7) is 22.1. The molecule has 2 heterocycles. The number of hydrogen-bond donors (Lipinski definition) is 0. The number of anilines is 1. The number of benzene rings is 2. The second-order valence-corrected chi connectivity index (χ2v) is 9.82. The fourth-order valence-corrected chi connectivity index (χ4v) is 5.03. The van der Waals surface area contributed by atoms with Crippen LogP contribution < -0.4 is 4.90 Å². The summed E-state index contributed by atoms with van der Waals surface area (Å²) in [6, 6.07) is 12.7. The Bertz CT molecular complexity index is 1440. The molecule has 0 aromatic heterocycles. The number of non-ortho nitro benzene ring substituents is 1. The lowest BCUT2D eigenvalue weighted by atomic mass is 9.82. The quantitative estimate of drug-likeness (QED) is 0.138. The van der Waals surface area contributed by atoms with Gasteiger partial charge in [-0.2, -0.15) is 10.1 Å². The predicted octanol–water partition coefficient (Wildman–Crippen LogP) is 8.64. The van der Waals surface area contributed by atoms with E-state index < -0.39 is 4.92 Å². The van der Waals surface area contributed by atoms with Gasteiger partial charge < -0.3 is 4.90 Å². The molecule has 7 heteroatoms. The van der Waals surface area contributed by atoms with Crippen molar-refractivity contribution in [2.45, 2.75) is 66.7 Å². The molecule has 4 rings (SSSR count). The Morgan fingerprint density at radius 2 is 1.69 bits per heavy atom. The number of allylic oxidation sites excluding steroid dienone is 6. The molecule has 0 fully saturated rings. The minimum absolute atomic E-state index is 0.0314. The van der Waals surface area contributed by atoms with Crippen LogP contribution in [-0.4, -0.2) is 28.6 Å². The molecule has 0 saturated carbocycles. The first-order chi connectivity index (χ1) is 20.1. The maximum atomic E-state index is 13.6. The number of carbonyl (C=O) groups is 1. The smallest absolute Gasteiger partial charge is 0.281 e. The molecule has 1 amide bonds. The number of aryl methyl sites for hydroxylation is 1. The minimum atomic E-state index is -0.455. The summed E-state index contributed by atoms with van der Waals surface area (Å²) < 4.78 is 0. The summed E-state index contributed by atoms with van der Waals surface area (Å²) in [6.07, 6.45) is 10.6. The number of nitro groups is 1. The molecule has 0 unspecified atom stereocenters. The monoisotopic (exact) mass is 568 g/mol. The lowest BCUT2D eigenvalue weighted by Gasteiger charge is -2.24. The molecule has 2 aromatic rings. The van der Waals surface area contributed by atoms with Crippen molar-refractivity contribution >= 4 is 23.0 Å². The Kier molecular flexibility index (Phi) is 12.0. The number of likely N-dealkylation sites (N-methyl/N-ethyl adjacent to an activating group) is 1. The number of amides is 1. The van der Waals surface area contributed by atoms with E-state index in [-0.39, 0.29) is 17.0 Å². The standard InChI is InChI=1S/C31H32N4O3.2C2H6/c1-7-10-21-12-18-27-26(20-21)31(4,5)28(33(27)6)19-17-25-29(22-13-15-24(16-14-22)35(37)38)32-34(30(25)36)23(9-3)11-8-2;2*1-2/h8-9,11-20H,2-3,7,10H2,1,4-6H3;2*1-2H3/b23-11+,25-17-,28-19+;;. The topological polar surface area (TPSA) is 79.0 Å². The van der Waals surface area contributed by atoms with Gasteiger partial charge in [0.15, 0.2) is 0 Å². The average Bonchev–Trinajstić information content (AvgIpc) is 3.42. The molecular weight excluding hydrogens is 524 g/mol. The molecule has 0 N–H and O–H groups in total. The highest BCUT2D eigenvalue weighted by Crippen LogP contribution is 2.47. The van der Waals surface area contributed by atoms with Crippen LogP contribution in [0, 0.1) is 10.1 Å². The van der Waals surface area contributed by atoms with Crippen LogP contribution in [0.4, 0.5) is 11.4 Å². The molecule has 0 saturated heterocycles. The van der Waals surface area contributed by atoms with E-state index >= 15 is 0 Å². The molecule has 222 valence electrons. The first kappa shape index (κ1) is 33.7. The van der Waals surface area contributed by atoms with Gasteiger partial charge in [-0.1, -0.05) is 86.3 Å². The van der Waals surface area contributed by atoms with E-state index in [0.717, 1.165) is 24.2 Å². The number of hydrogen-bond acceptors (Lipinski definition) is 5. The number of rotatable bonds is 8. The Balaban J connectivity index is 0.00000148. The van der Waals surface area contributed by atoms with Crippen LogP contribution in [-0.2, 0) is 16.6 Å². The van der Waals surface area contributed by atoms with Crippen molar-refractivity contribution in [3.8, 4) is 0 Å². The van der Waals surface area contributed by atoms with Gasteiger partial charge in [0.1, 0.15) is 5.71 Å². The molecule has 0 spiro atoms. The molecule has 0 bridgehead atoms. The first-order valence-corrected chi connectivity index (χ1v) is 14.6. The number of fused-ring (bicyclic) bond motifs is 1. The van der Waals surface area contributed by atoms with E-state index in [1.54, 1.807) is 30.4 Å². The van der Waals surface area contributed by atoms with Crippen molar-refractivity contribution in [2.75, 3.05) is 11.9 Å². The van der Waals surface area contributed by atoms with Gasteiger partial charge in [0.2, 0.25) is 0 Å². The Morgan fingerprint density at radius 3 is 2.24 bits per heavy atom. The minimum Gasteiger partial charge on any atom is -0.347 e. The number of nitro benzene ring substituents is 1. The second-order valence-electron chi connectivity index (χ2n) is 9.82. The SMILES string of the molecule is C=C/C=C(\C=C)N1N=C(c2ccc([N+](=O)[O-])cc2)/C(=C/C=C2/N(C)c3ccc(CCC)cc3C2(C)C)C1=O.CC.CC. The van der Waals surface area contributed by atoms with Crippen LogP contribution in [0.15, 0.2) is 108 Å². The van der Waals surface area contributed by atoms with Crippen LogP contribution in [0.25, 0.3) is 0 Å². The molecule has 0 atom stereocenters. The zero-order chi connectivity index (χ0) is 31.6. The van der Waals surface area contributed by atoms with E-state index in [0.29, 0.717) is 22.5 Å². The van der Waals surface area contributed by atoms with Crippen LogP contribution in [0.1, 0.15) is 71.6 Å². The van der Waals surface area contributed by atoms with E-state index in [4.69, 9.17) is 0 Å². The summed E-state index contributed by atoms with van der Waals surface area (Å²) in [4.78, 5) is 26.5. The van der Waals surface area contributed by atoms with Crippen LogP contribution >= 0.6 is 0 Å². The molecule has 0 aliphatic carbocycles. The van der Waals surface area contributed by atoms with Gasteiger partial charge in [-0.05, 0) is 60.1 Å². The first-order valence-electron chi connectivity index (χ1n) is 14.6. The van der Waals surface area contributed by atoms with E-state index in [2.05, 4.69) is 62.1 Å². The lowest BCUT2D eigenvalue weighted by molar-refractivity contribution is -0.384. The average molecular weight is 569 g/mol. The van der Waals surface area contributed by atoms with Gasteiger partial charge in [0, 0.05) is 41.5 Å². The third-order valence-corrected chi connectivity index (χ3v) is 7.02. The van der Waals surface area contributed by atoms with Crippen molar-refractivity contribution in [3.63, 3.8) is 0 Å². The zero-order valence-corrected chi connectivity index (χ0v) is 26.3. The highest BCUT2D eigenvalue weighted by Gasteiger charge is 2.39. The van der Waals surface area contributed by atoms with Crippen molar-refractivity contribution in [1.29, 1.82) is 0 Å². The van der Waals surface area contributed by atoms with Gasteiger partial charge in [-0.15, -0.1) is 0 Å². The third kappa shape index (κ3) is 6.68. The highest BCUT2D eigenvalue weighted by atomic mass is 16.6. The second kappa shape index (κ2) is 14.9. The van der Waals surface area contributed by atoms with Gasteiger partial charge in [-0.25, -0.2) is 0 Å². The summed E-state index contributed by atoms with van der Waals surface area (Å²) >= 11 is 0. The summed E-state index contributed by atoms with van der Waals surface area (Å²) in [7, 11) is 2.04. The van der Waals surface area contributed by atoms with Gasteiger partial charge in [0.25, 0.3) is 11.6 Å². The Morgan fingerprint density at radius 1 is 1.05 bits per heavy atom. The number of carbonyl (C=O) groups excluding carboxylic acids is 1. The number of hydrazone groups is 1. The number of nitrogens with zero attached hydrogens (tertiary/aromatic N) is 4. The molecule has 42 heavy (non-hydrogen) atoms. The summed E-state index contributed by atoms with van der Waals surface area (Å²) in [5.74, 6) is -0.315. The van der Waals surface area contributed by atoms with E-state index in [9.17, 15) is 14.9 Å². The largest absolute Gasteiger partial charge is 0.347 e.